The van der Waals surface area contributed by atoms with Crippen molar-refractivity contribution >= 4 is 27.3 Å². The lowest BCUT2D eigenvalue weighted by molar-refractivity contribution is 0.410. The second kappa shape index (κ2) is 8.54. The predicted octanol–water partition coefficient (Wildman–Crippen LogP) is 4.75. The molecule has 0 unspecified atom stereocenters. The van der Waals surface area contributed by atoms with E-state index >= 15 is 0 Å². The molecule has 28 heavy (non-hydrogen) atoms. The van der Waals surface area contributed by atoms with Crippen LogP contribution in [0.4, 0.5) is 5.69 Å². The Balaban J connectivity index is 1.96. The van der Waals surface area contributed by atoms with Crippen molar-refractivity contribution in [2.45, 2.75) is 11.3 Å². The Kier molecular flexibility index (Phi) is 6.11. The zero-order valence-corrected chi connectivity index (χ0v) is 17.0. The van der Waals surface area contributed by atoms with Crippen LogP contribution in [-0.4, -0.2) is 22.6 Å². The van der Waals surface area contributed by atoms with Crippen LogP contribution >= 0.6 is 11.6 Å². The summed E-state index contributed by atoms with van der Waals surface area (Å²) >= 11 is 6.16. The zero-order chi connectivity index (χ0) is 20.1. The molecule has 0 saturated carbocycles. The highest BCUT2D eigenvalue weighted by molar-refractivity contribution is 7.92. The van der Waals surface area contributed by atoms with Crippen molar-refractivity contribution in [3.05, 3.63) is 82.9 Å². The number of sulfonamides is 1. The molecule has 0 aliphatic heterocycles. The van der Waals surface area contributed by atoms with E-state index in [-0.39, 0.29) is 4.90 Å². The monoisotopic (exact) mass is 417 g/mol. The van der Waals surface area contributed by atoms with E-state index in [0.717, 1.165) is 16.9 Å². The van der Waals surface area contributed by atoms with Crippen LogP contribution in [-0.2, 0) is 16.4 Å². The van der Waals surface area contributed by atoms with Crippen molar-refractivity contribution in [1.82, 2.24) is 0 Å². The van der Waals surface area contributed by atoms with Crippen molar-refractivity contribution in [2.24, 2.45) is 0 Å². The van der Waals surface area contributed by atoms with Gasteiger partial charge in [0.15, 0.2) is 0 Å². The number of halogens is 1. The molecule has 0 radical (unpaired) electrons. The summed E-state index contributed by atoms with van der Waals surface area (Å²) in [5.41, 5.74) is 2.12. The molecule has 3 aromatic carbocycles. The molecule has 0 heterocycles. The molecule has 5 nitrogen and oxygen atoms in total. The van der Waals surface area contributed by atoms with Crippen LogP contribution in [0.3, 0.4) is 0 Å². The Labute approximate surface area is 169 Å². The summed E-state index contributed by atoms with van der Waals surface area (Å²) in [7, 11) is -0.703. The normalized spacial score (nSPS) is 11.1. The molecule has 1 N–H and O–H groups in total. The van der Waals surface area contributed by atoms with E-state index in [1.165, 1.54) is 19.2 Å². The highest BCUT2D eigenvalue weighted by atomic mass is 35.5. The third kappa shape index (κ3) is 4.58. The van der Waals surface area contributed by atoms with Crippen LogP contribution in [0.2, 0.25) is 5.02 Å². The molecular weight excluding hydrogens is 398 g/mol. The molecule has 7 heteroatoms. The van der Waals surface area contributed by atoms with Gasteiger partial charge in [-0.25, -0.2) is 8.42 Å². The Bertz CT molecular complexity index is 1080. The average Bonchev–Trinajstić information content (AvgIpc) is 2.70. The lowest BCUT2D eigenvalue weighted by atomic mass is 10.0. The predicted molar refractivity (Wildman–Crippen MR) is 111 cm³/mol. The van der Waals surface area contributed by atoms with E-state index in [1.807, 2.05) is 24.3 Å². The van der Waals surface area contributed by atoms with Gasteiger partial charge >= 0.3 is 0 Å². The smallest absolute Gasteiger partial charge is 0.262 e. The van der Waals surface area contributed by atoms with Gasteiger partial charge in [-0.2, -0.15) is 0 Å². The second-order valence-corrected chi connectivity index (χ2v) is 8.19. The Morgan fingerprint density at radius 3 is 2.43 bits per heavy atom. The number of hydrogen-bond donors (Lipinski definition) is 1. The van der Waals surface area contributed by atoms with E-state index in [2.05, 4.69) is 4.72 Å². The van der Waals surface area contributed by atoms with Crippen LogP contribution in [0.1, 0.15) is 11.1 Å². The Hall–Kier alpha value is -2.70. The SMILES string of the molecule is COc1cccc(S(=O)(=O)Nc2ccc(Cl)cc2Cc2ccccc2OC)c1. The number of rotatable bonds is 7. The van der Waals surface area contributed by atoms with Crippen LogP contribution in [0, 0.1) is 0 Å². The van der Waals surface area contributed by atoms with Gasteiger partial charge in [-0.3, -0.25) is 4.72 Å². The molecule has 3 aromatic rings. The first-order chi connectivity index (χ1) is 13.4. The first-order valence-corrected chi connectivity index (χ1v) is 10.4. The number of nitrogens with one attached hydrogen (secondary N) is 1. The van der Waals surface area contributed by atoms with Gasteiger partial charge in [0.25, 0.3) is 10.0 Å². The average molecular weight is 418 g/mol. The summed E-state index contributed by atoms with van der Waals surface area (Å²) in [4.78, 5) is 0.116. The van der Waals surface area contributed by atoms with Gasteiger partial charge in [0.1, 0.15) is 11.5 Å². The van der Waals surface area contributed by atoms with Gasteiger partial charge in [0, 0.05) is 17.5 Å². The van der Waals surface area contributed by atoms with Crippen molar-refractivity contribution in [3.8, 4) is 11.5 Å². The quantitative estimate of drug-likeness (QED) is 0.602. The highest BCUT2D eigenvalue weighted by Crippen LogP contribution is 2.29. The standard InChI is InChI=1S/C21H20ClNO4S/c1-26-18-7-5-8-19(14-18)28(24,25)23-20-11-10-17(22)13-16(20)12-15-6-3-4-9-21(15)27-2/h3-11,13-14,23H,12H2,1-2H3. The third-order valence-electron chi connectivity index (χ3n) is 4.24. The van der Waals surface area contributed by atoms with Crippen molar-refractivity contribution in [3.63, 3.8) is 0 Å². The Morgan fingerprint density at radius 2 is 1.68 bits per heavy atom. The largest absolute Gasteiger partial charge is 0.497 e. The van der Waals surface area contributed by atoms with E-state index in [9.17, 15) is 8.42 Å². The summed E-state index contributed by atoms with van der Waals surface area (Å²) in [6, 6.07) is 18.9. The van der Waals surface area contributed by atoms with Crippen LogP contribution < -0.4 is 14.2 Å². The number of anilines is 1. The van der Waals surface area contributed by atoms with Gasteiger partial charge in [-0.15, -0.1) is 0 Å². The first-order valence-electron chi connectivity index (χ1n) is 8.50. The molecule has 3 rings (SSSR count). The molecular formula is C21H20ClNO4S. The van der Waals surface area contributed by atoms with E-state index in [1.54, 1.807) is 37.4 Å². The summed E-state index contributed by atoms with van der Waals surface area (Å²) in [6.07, 6.45) is 0.459. The summed E-state index contributed by atoms with van der Waals surface area (Å²) in [5, 5.41) is 0.522. The van der Waals surface area contributed by atoms with E-state index in [0.29, 0.717) is 22.9 Å². The molecule has 0 spiro atoms. The second-order valence-electron chi connectivity index (χ2n) is 6.07. The van der Waals surface area contributed by atoms with E-state index in [4.69, 9.17) is 21.1 Å². The zero-order valence-electron chi connectivity index (χ0n) is 15.5. The molecule has 0 aliphatic carbocycles. The number of para-hydroxylation sites is 1. The maximum atomic E-state index is 12.9. The first kappa shape index (κ1) is 20.0. The van der Waals surface area contributed by atoms with Gasteiger partial charge in [-0.05, 0) is 47.5 Å². The number of ether oxygens (including phenoxy) is 2. The van der Waals surface area contributed by atoms with E-state index < -0.39 is 10.0 Å². The number of benzene rings is 3. The molecule has 0 bridgehead atoms. The molecule has 0 saturated heterocycles. The van der Waals surface area contributed by atoms with Crippen LogP contribution in [0.15, 0.2) is 71.6 Å². The van der Waals surface area contributed by atoms with Crippen LogP contribution in [0.5, 0.6) is 11.5 Å². The molecule has 146 valence electrons. The fourth-order valence-electron chi connectivity index (χ4n) is 2.83. The summed E-state index contributed by atoms with van der Waals surface area (Å²) < 4.78 is 38.9. The number of methoxy groups -OCH3 is 2. The minimum atomic E-state index is -3.79. The van der Waals surface area contributed by atoms with Gasteiger partial charge in [0.05, 0.1) is 24.8 Å². The topological polar surface area (TPSA) is 64.6 Å². The van der Waals surface area contributed by atoms with Crippen molar-refractivity contribution in [1.29, 1.82) is 0 Å². The van der Waals surface area contributed by atoms with Gasteiger partial charge in [-0.1, -0.05) is 35.9 Å². The third-order valence-corrected chi connectivity index (χ3v) is 5.83. The summed E-state index contributed by atoms with van der Waals surface area (Å²) in [6.45, 7) is 0. The van der Waals surface area contributed by atoms with Gasteiger partial charge in [0.2, 0.25) is 0 Å². The lowest BCUT2D eigenvalue weighted by Gasteiger charge is -2.15. The molecule has 0 fully saturated rings. The molecule has 0 aromatic heterocycles. The minimum absolute atomic E-state index is 0.116. The van der Waals surface area contributed by atoms with Gasteiger partial charge < -0.3 is 9.47 Å². The van der Waals surface area contributed by atoms with Crippen molar-refractivity contribution < 1.29 is 17.9 Å². The van der Waals surface area contributed by atoms with Crippen LogP contribution in [0.25, 0.3) is 0 Å². The lowest BCUT2D eigenvalue weighted by Crippen LogP contribution is -2.14. The Morgan fingerprint density at radius 1 is 0.893 bits per heavy atom. The molecule has 0 atom stereocenters. The molecule has 0 aliphatic rings. The fraction of sp³-hybridized carbons (Fsp3) is 0.143. The maximum Gasteiger partial charge on any atom is 0.262 e. The number of hydrogen-bond acceptors (Lipinski definition) is 4. The van der Waals surface area contributed by atoms with Crippen molar-refractivity contribution in [2.75, 3.05) is 18.9 Å². The fourth-order valence-corrected chi connectivity index (χ4v) is 4.16. The highest BCUT2D eigenvalue weighted by Gasteiger charge is 2.18. The minimum Gasteiger partial charge on any atom is -0.497 e. The maximum absolute atomic E-state index is 12.9. The molecule has 0 amide bonds. The summed E-state index contributed by atoms with van der Waals surface area (Å²) in [5.74, 6) is 1.19.